The highest BCUT2D eigenvalue weighted by Gasteiger charge is 2.00. The van der Waals surface area contributed by atoms with Crippen LogP contribution in [0, 0.1) is 5.92 Å². The molecule has 0 aliphatic carbocycles. The lowest BCUT2D eigenvalue weighted by molar-refractivity contribution is -0.110. The van der Waals surface area contributed by atoms with Crippen molar-refractivity contribution in [3.05, 3.63) is 28.5 Å². The van der Waals surface area contributed by atoms with Gasteiger partial charge in [-0.15, -0.1) is 0 Å². The van der Waals surface area contributed by atoms with Crippen LogP contribution in [-0.4, -0.2) is 11.3 Å². The topological polar surface area (TPSA) is 30.0 Å². The molecule has 0 aliphatic heterocycles. The summed E-state index contributed by atoms with van der Waals surface area (Å²) >= 11 is 3.32. The van der Waals surface area contributed by atoms with Crippen LogP contribution in [0.3, 0.4) is 0 Å². The van der Waals surface area contributed by atoms with Crippen molar-refractivity contribution < 1.29 is 4.79 Å². The third-order valence-corrected chi connectivity index (χ3v) is 2.35. The van der Waals surface area contributed by atoms with E-state index in [1.807, 2.05) is 19.1 Å². The van der Waals surface area contributed by atoms with Gasteiger partial charge in [0.1, 0.15) is 6.29 Å². The lowest BCUT2D eigenvalue weighted by Gasteiger charge is -2.02. The van der Waals surface area contributed by atoms with Crippen molar-refractivity contribution in [2.45, 2.75) is 19.8 Å². The Hall–Kier alpha value is -0.700. The molecule has 0 fully saturated rings. The third-order valence-electron chi connectivity index (χ3n) is 1.88. The van der Waals surface area contributed by atoms with Crippen LogP contribution < -0.4 is 0 Å². The first-order valence-corrected chi connectivity index (χ1v) is 5.07. The fraction of sp³-hybridized carbons (Fsp3) is 0.400. The molecule has 13 heavy (non-hydrogen) atoms. The summed E-state index contributed by atoms with van der Waals surface area (Å²) in [6, 6.07) is 3.94. The zero-order chi connectivity index (χ0) is 9.68. The minimum absolute atomic E-state index is 0.130. The Kier molecular flexibility index (Phi) is 4.09. The molecule has 2 nitrogen and oxygen atoms in total. The van der Waals surface area contributed by atoms with Gasteiger partial charge in [0.2, 0.25) is 0 Å². The van der Waals surface area contributed by atoms with Gasteiger partial charge in [0.25, 0.3) is 0 Å². The molecule has 0 radical (unpaired) electrons. The highest BCUT2D eigenvalue weighted by atomic mass is 79.9. The summed E-state index contributed by atoms with van der Waals surface area (Å²) in [5, 5.41) is 0. The number of halogens is 1. The molecular weight excluding hydrogens is 230 g/mol. The van der Waals surface area contributed by atoms with E-state index in [9.17, 15) is 4.79 Å². The number of hydrogen-bond donors (Lipinski definition) is 0. The van der Waals surface area contributed by atoms with Crippen molar-refractivity contribution in [1.82, 2.24) is 4.98 Å². The maximum atomic E-state index is 10.4. The first-order chi connectivity index (χ1) is 6.22. The zero-order valence-corrected chi connectivity index (χ0v) is 9.12. The SMILES string of the molecule is CC(C=O)CCc1ccc(Br)cn1. The number of carbonyl (C=O) groups excluding carboxylic acids is 1. The van der Waals surface area contributed by atoms with Gasteiger partial charge >= 0.3 is 0 Å². The molecule has 1 heterocycles. The van der Waals surface area contributed by atoms with E-state index in [-0.39, 0.29) is 5.92 Å². The van der Waals surface area contributed by atoms with E-state index >= 15 is 0 Å². The maximum absolute atomic E-state index is 10.4. The number of pyridine rings is 1. The van der Waals surface area contributed by atoms with Crippen molar-refractivity contribution >= 4 is 22.2 Å². The van der Waals surface area contributed by atoms with Crippen molar-refractivity contribution in [2.24, 2.45) is 5.92 Å². The average Bonchev–Trinajstić information content (AvgIpc) is 2.16. The summed E-state index contributed by atoms with van der Waals surface area (Å²) in [7, 11) is 0. The zero-order valence-electron chi connectivity index (χ0n) is 7.53. The van der Waals surface area contributed by atoms with Crippen molar-refractivity contribution in [2.75, 3.05) is 0 Å². The first kappa shape index (κ1) is 10.4. The number of nitrogens with zero attached hydrogens (tertiary/aromatic N) is 1. The molecule has 0 bridgehead atoms. The van der Waals surface area contributed by atoms with Gasteiger partial charge in [-0.1, -0.05) is 6.92 Å². The van der Waals surface area contributed by atoms with Crippen molar-refractivity contribution in [3.63, 3.8) is 0 Å². The fourth-order valence-electron chi connectivity index (χ4n) is 0.998. The van der Waals surface area contributed by atoms with Crippen LogP contribution >= 0.6 is 15.9 Å². The molecule has 1 atom stereocenters. The van der Waals surface area contributed by atoms with Crippen LogP contribution in [-0.2, 0) is 11.2 Å². The standard InChI is InChI=1S/C10H12BrNO/c1-8(7-13)2-4-10-5-3-9(11)6-12-10/h3,5-8H,2,4H2,1H3. The summed E-state index contributed by atoms with van der Waals surface area (Å²) < 4.78 is 0.986. The molecule has 70 valence electrons. The van der Waals surface area contributed by atoms with E-state index in [2.05, 4.69) is 20.9 Å². The molecule has 1 aromatic rings. The molecule has 1 aromatic heterocycles. The number of carbonyl (C=O) groups is 1. The molecule has 0 aromatic carbocycles. The second-order valence-corrected chi connectivity index (χ2v) is 4.04. The van der Waals surface area contributed by atoms with Crippen molar-refractivity contribution in [1.29, 1.82) is 0 Å². The molecule has 1 unspecified atom stereocenters. The number of rotatable bonds is 4. The highest BCUT2D eigenvalue weighted by Crippen LogP contribution is 2.10. The van der Waals surface area contributed by atoms with E-state index in [0.29, 0.717) is 0 Å². The summed E-state index contributed by atoms with van der Waals surface area (Å²) in [5.41, 5.74) is 1.04. The lowest BCUT2D eigenvalue weighted by atomic mass is 10.1. The van der Waals surface area contributed by atoms with Crippen LogP contribution in [0.4, 0.5) is 0 Å². The number of aryl methyl sites for hydroxylation is 1. The molecule has 1 rings (SSSR count). The van der Waals surface area contributed by atoms with Crippen LogP contribution in [0.1, 0.15) is 19.0 Å². The van der Waals surface area contributed by atoms with Gasteiger partial charge in [-0.2, -0.15) is 0 Å². The van der Waals surface area contributed by atoms with Gasteiger partial charge in [0, 0.05) is 22.3 Å². The maximum Gasteiger partial charge on any atom is 0.122 e. The minimum Gasteiger partial charge on any atom is -0.303 e. The van der Waals surface area contributed by atoms with Crippen molar-refractivity contribution in [3.8, 4) is 0 Å². The molecular formula is C10H12BrNO. The van der Waals surface area contributed by atoms with Gasteiger partial charge in [-0.05, 0) is 40.9 Å². The summed E-state index contributed by atoms with van der Waals surface area (Å²) in [4.78, 5) is 14.6. The first-order valence-electron chi connectivity index (χ1n) is 4.28. The molecule has 0 saturated carbocycles. The normalized spacial score (nSPS) is 12.5. The molecule has 0 spiro atoms. The van der Waals surface area contributed by atoms with Gasteiger partial charge in [0.05, 0.1) is 0 Å². The third kappa shape index (κ3) is 3.68. The van der Waals surface area contributed by atoms with Gasteiger partial charge in [0.15, 0.2) is 0 Å². The molecule has 3 heteroatoms. The van der Waals surface area contributed by atoms with Gasteiger partial charge in [-0.25, -0.2) is 0 Å². The largest absolute Gasteiger partial charge is 0.303 e. The van der Waals surface area contributed by atoms with E-state index in [0.717, 1.165) is 29.3 Å². The number of hydrogen-bond acceptors (Lipinski definition) is 2. The highest BCUT2D eigenvalue weighted by molar-refractivity contribution is 9.10. The minimum atomic E-state index is 0.130. The summed E-state index contributed by atoms with van der Waals surface area (Å²) in [6.45, 7) is 1.92. The smallest absolute Gasteiger partial charge is 0.122 e. The van der Waals surface area contributed by atoms with Gasteiger partial charge < -0.3 is 4.79 Å². The Labute approximate surface area is 86.5 Å². The molecule has 0 amide bonds. The second-order valence-electron chi connectivity index (χ2n) is 3.12. The predicted octanol–water partition coefficient (Wildman–Crippen LogP) is 2.61. The second kappa shape index (κ2) is 5.12. The Morgan fingerprint density at radius 1 is 1.62 bits per heavy atom. The lowest BCUT2D eigenvalue weighted by Crippen LogP contribution is -1.99. The van der Waals surface area contributed by atoms with E-state index < -0.39 is 0 Å². The Balaban J connectivity index is 2.45. The molecule has 0 saturated heterocycles. The number of aldehydes is 1. The van der Waals surface area contributed by atoms with Crippen LogP contribution in [0.5, 0.6) is 0 Å². The van der Waals surface area contributed by atoms with Gasteiger partial charge in [-0.3, -0.25) is 4.98 Å². The van der Waals surface area contributed by atoms with Crippen LogP contribution in [0.15, 0.2) is 22.8 Å². The number of aromatic nitrogens is 1. The van der Waals surface area contributed by atoms with E-state index in [4.69, 9.17) is 0 Å². The summed E-state index contributed by atoms with van der Waals surface area (Å²) in [5.74, 6) is 0.130. The average molecular weight is 242 g/mol. The Morgan fingerprint density at radius 3 is 2.92 bits per heavy atom. The summed E-state index contributed by atoms with van der Waals surface area (Å²) in [6.07, 6.45) is 4.51. The van der Waals surface area contributed by atoms with E-state index in [1.54, 1.807) is 6.20 Å². The Bertz CT molecular complexity index is 271. The predicted molar refractivity (Wildman–Crippen MR) is 55.5 cm³/mol. The molecule has 0 N–H and O–H groups in total. The monoisotopic (exact) mass is 241 g/mol. The molecule has 0 aliphatic rings. The van der Waals surface area contributed by atoms with Crippen LogP contribution in [0.2, 0.25) is 0 Å². The van der Waals surface area contributed by atoms with E-state index in [1.165, 1.54) is 0 Å². The quantitative estimate of drug-likeness (QED) is 0.759. The fourth-order valence-corrected chi connectivity index (χ4v) is 1.23. The Morgan fingerprint density at radius 2 is 2.38 bits per heavy atom. The van der Waals surface area contributed by atoms with Crippen LogP contribution in [0.25, 0.3) is 0 Å².